The number of non-ortho nitro benzene ring substituents is 1. The van der Waals surface area contributed by atoms with Gasteiger partial charge in [0.15, 0.2) is 5.13 Å². The van der Waals surface area contributed by atoms with E-state index in [1.54, 1.807) is 11.0 Å². The number of carbonyl (C=O) groups is 1. The lowest BCUT2D eigenvalue weighted by Crippen LogP contribution is -3.12. The highest BCUT2D eigenvalue weighted by atomic mass is 32.1. The number of thiazole rings is 1. The lowest BCUT2D eigenvalue weighted by Gasteiger charge is -2.23. The van der Waals surface area contributed by atoms with E-state index in [2.05, 4.69) is 18.8 Å². The van der Waals surface area contributed by atoms with Gasteiger partial charge in [-0.1, -0.05) is 29.5 Å². The predicted octanol–water partition coefficient (Wildman–Crippen LogP) is 2.78. The summed E-state index contributed by atoms with van der Waals surface area (Å²) in [6.45, 7) is 7.44. The van der Waals surface area contributed by atoms with Gasteiger partial charge in [-0.05, 0) is 32.0 Å². The summed E-state index contributed by atoms with van der Waals surface area (Å²) < 4.78 is 1.00. The monoisotopic (exact) mass is 399 g/mol. The number of likely N-dealkylation sites (N-methyl/N-ethyl adjacent to an activating group) is 1. The van der Waals surface area contributed by atoms with Crippen LogP contribution in [0.4, 0.5) is 10.8 Å². The van der Waals surface area contributed by atoms with Gasteiger partial charge in [-0.15, -0.1) is 0 Å². The van der Waals surface area contributed by atoms with Crippen LogP contribution in [0.1, 0.15) is 24.2 Å². The van der Waals surface area contributed by atoms with Crippen molar-refractivity contribution in [3.8, 4) is 0 Å². The highest BCUT2D eigenvalue weighted by molar-refractivity contribution is 7.22. The standard InChI is InChI=1S/C20H22N4O3S/c1-3-22(4-2)12-13-23(20-21-17-10-5-6-11-18(17)28-20)19(25)15-8-7-9-16(14-15)24(26)27/h5-11,14H,3-4,12-13H2,1-2H3/p+1. The van der Waals surface area contributed by atoms with Crippen LogP contribution in [0, 0.1) is 10.1 Å². The molecule has 0 fully saturated rings. The molecule has 0 atom stereocenters. The number of nitrogens with one attached hydrogen (secondary N) is 1. The first-order valence-corrected chi connectivity index (χ1v) is 10.1. The van der Waals surface area contributed by atoms with E-state index in [0.29, 0.717) is 17.2 Å². The van der Waals surface area contributed by atoms with Gasteiger partial charge in [0.05, 0.1) is 41.3 Å². The Morgan fingerprint density at radius 3 is 2.61 bits per heavy atom. The molecule has 0 aliphatic heterocycles. The minimum Gasteiger partial charge on any atom is -0.334 e. The van der Waals surface area contributed by atoms with Crippen LogP contribution >= 0.6 is 11.3 Å². The molecule has 3 aromatic rings. The molecule has 1 heterocycles. The van der Waals surface area contributed by atoms with E-state index in [9.17, 15) is 14.9 Å². The van der Waals surface area contributed by atoms with Crippen LogP contribution in [0.2, 0.25) is 0 Å². The first kappa shape index (κ1) is 19.9. The van der Waals surface area contributed by atoms with Gasteiger partial charge in [-0.3, -0.25) is 19.8 Å². The summed E-state index contributed by atoms with van der Waals surface area (Å²) in [7, 11) is 0. The van der Waals surface area contributed by atoms with Gasteiger partial charge in [0.25, 0.3) is 11.6 Å². The van der Waals surface area contributed by atoms with Crippen molar-refractivity contribution in [2.24, 2.45) is 0 Å². The fraction of sp³-hybridized carbons (Fsp3) is 0.300. The average molecular weight is 399 g/mol. The molecule has 7 nitrogen and oxygen atoms in total. The topological polar surface area (TPSA) is 80.8 Å². The molecule has 1 aromatic heterocycles. The van der Waals surface area contributed by atoms with Crippen molar-refractivity contribution in [1.29, 1.82) is 0 Å². The van der Waals surface area contributed by atoms with Gasteiger partial charge in [0.2, 0.25) is 0 Å². The Bertz CT molecular complexity index is 951. The van der Waals surface area contributed by atoms with Gasteiger partial charge in [-0.2, -0.15) is 0 Å². The molecule has 0 aliphatic carbocycles. The molecule has 146 valence electrons. The Balaban J connectivity index is 1.96. The first-order valence-electron chi connectivity index (χ1n) is 9.29. The van der Waals surface area contributed by atoms with Crippen LogP contribution in [0.5, 0.6) is 0 Å². The van der Waals surface area contributed by atoms with Crippen LogP contribution < -0.4 is 9.80 Å². The highest BCUT2D eigenvalue weighted by Gasteiger charge is 2.24. The molecule has 1 N–H and O–H groups in total. The number of aromatic nitrogens is 1. The molecule has 2 aromatic carbocycles. The number of hydrogen-bond donors (Lipinski definition) is 1. The van der Waals surface area contributed by atoms with Crippen LogP contribution in [0.15, 0.2) is 48.5 Å². The van der Waals surface area contributed by atoms with E-state index in [1.807, 2.05) is 24.3 Å². The smallest absolute Gasteiger partial charge is 0.270 e. The van der Waals surface area contributed by atoms with E-state index in [-0.39, 0.29) is 11.6 Å². The van der Waals surface area contributed by atoms with Crippen molar-refractivity contribution >= 4 is 38.3 Å². The Morgan fingerprint density at radius 1 is 1.18 bits per heavy atom. The van der Waals surface area contributed by atoms with E-state index in [1.165, 1.54) is 34.4 Å². The molecule has 0 spiro atoms. The van der Waals surface area contributed by atoms with Crippen molar-refractivity contribution in [2.75, 3.05) is 31.1 Å². The molecule has 28 heavy (non-hydrogen) atoms. The fourth-order valence-corrected chi connectivity index (χ4v) is 4.03. The Hall–Kier alpha value is -2.84. The molecule has 3 rings (SSSR count). The predicted molar refractivity (Wildman–Crippen MR) is 111 cm³/mol. The fourth-order valence-electron chi connectivity index (χ4n) is 3.04. The largest absolute Gasteiger partial charge is 0.334 e. The van der Waals surface area contributed by atoms with Gasteiger partial charge in [0, 0.05) is 17.7 Å². The van der Waals surface area contributed by atoms with Crippen LogP contribution in [-0.4, -0.2) is 42.0 Å². The number of nitro benzene ring substituents is 1. The maximum Gasteiger partial charge on any atom is 0.270 e. The molecule has 8 heteroatoms. The number of rotatable bonds is 8. The third kappa shape index (κ3) is 4.35. The second-order valence-electron chi connectivity index (χ2n) is 6.44. The second-order valence-corrected chi connectivity index (χ2v) is 7.44. The molecule has 0 saturated carbocycles. The normalized spacial score (nSPS) is 11.1. The zero-order valence-corrected chi connectivity index (χ0v) is 16.7. The number of amides is 1. The van der Waals surface area contributed by atoms with E-state index in [0.717, 1.165) is 29.9 Å². The number of para-hydroxylation sites is 1. The van der Waals surface area contributed by atoms with Gasteiger partial charge in [-0.25, -0.2) is 4.98 Å². The van der Waals surface area contributed by atoms with Gasteiger partial charge in [0.1, 0.15) is 0 Å². The zero-order valence-electron chi connectivity index (χ0n) is 15.9. The SMILES string of the molecule is CC[NH+](CC)CCN(C(=O)c1cccc([N+](=O)[O-])c1)c1nc2ccccc2s1. The summed E-state index contributed by atoms with van der Waals surface area (Å²) in [4.78, 5) is 31.5. The molecule has 0 bridgehead atoms. The molecule has 1 amide bonds. The average Bonchev–Trinajstić information content (AvgIpc) is 3.14. The Kier molecular flexibility index (Phi) is 6.33. The summed E-state index contributed by atoms with van der Waals surface area (Å²) in [5, 5.41) is 11.7. The maximum absolute atomic E-state index is 13.2. The number of nitro groups is 1. The van der Waals surface area contributed by atoms with E-state index < -0.39 is 4.92 Å². The lowest BCUT2D eigenvalue weighted by atomic mass is 10.2. The molecular formula is C20H23N4O3S+. The molecule has 0 saturated heterocycles. The molecular weight excluding hydrogens is 376 g/mol. The van der Waals surface area contributed by atoms with Crippen molar-refractivity contribution in [1.82, 2.24) is 4.98 Å². The first-order chi connectivity index (χ1) is 13.5. The third-order valence-corrected chi connectivity index (χ3v) is 5.81. The van der Waals surface area contributed by atoms with Crippen molar-refractivity contribution in [3.63, 3.8) is 0 Å². The molecule has 0 radical (unpaired) electrons. The quantitative estimate of drug-likeness (QED) is 0.467. The number of carbonyl (C=O) groups excluding carboxylic acids is 1. The van der Waals surface area contributed by atoms with Crippen LogP contribution in [0.3, 0.4) is 0 Å². The number of anilines is 1. The summed E-state index contributed by atoms with van der Waals surface area (Å²) in [6.07, 6.45) is 0. The number of nitrogens with zero attached hydrogens (tertiary/aromatic N) is 3. The van der Waals surface area contributed by atoms with Gasteiger partial charge < -0.3 is 4.90 Å². The minimum absolute atomic E-state index is 0.0931. The van der Waals surface area contributed by atoms with E-state index >= 15 is 0 Å². The minimum atomic E-state index is -0.487. The number of quaternary nitrogens is 1. The summed E-state index contributed by atoms with van der Waals surface area (Å²) in [5.74, 6) is -0.269. The van der Waals surface area contributed by atoms with Crippen LogP contribution in [-0.2, 0) is 0 Å². The van der Waals surface area contributed by atoms with Crippen LogP contribution in [0.25, 0.3) is 10.2 Å². The second kappa shape index (κ2) is 8.90. The Labute approximate surface area is 167 Å². The summed E-state index contributed by atoms with van der Waals surface area (Å²) in [6, 6.07) is 13.6. The molecule has 0 aliphatic rings. The number of fused-ring (bicyclic) bond motifs is 1. The highest BCUT2D eigenvalue weighted by Crippen LogP contribution is 2.29. The van der Waals surface area contributed by atoms with Crippen molar-refractivity contribution < 1.29 is 14.6 Å². The zero-order chi connectivity index (χ0) is 20.1. The lowest BCUT2D eigenvalue weighted by molar-refractivity contribution is -0.894. The number of hydrogen-bond acceptors (Lipinski definition) is 5. The maximum atomic E-state index is 13.2. The number of benzene rings is 2. The van der Waals surface area contributed by atoms with Crippen molar-refractivity contribution in [2.45, 2.75) is 13.8 Å². The van der Waals surface area contributed by atoms with E-state index in [4.69, 9.17) is 0 Å². The summed E-state index contributed by atoms with van der Waals surface area (Å²) in [5.41, 5.74) is 1.04. The molecule has 0 unspecified atom stereocenters. The van der Waals surface area contributed by atoms with Crippen molar-refractivity contribution in [3.05, 3.63) is 64.2 Å². The Morgan fingerprint density at radius 2 is 1.93 bits per heavy atom. The van der Waals surface area contributed by atoms with Gasteiger partial charge >= 0.3 is 0 Å². The summed E-state index contributed by atoms with van der Waals surface area (Å²) >= 11 is 1.46. The third-order valence-electron chi connectivity index (χ3n) is 4.75.